The summed E-state index contributed by atoms with van der Waals surface area (Å²) < 4.78 is 0. The molecule has 2 rings (SSSR count). The van der Waals surface area contributed by atoms with Crippen molar-refractivity contribution in [1.29, 1.82) is 0 Å². The summed E-state index contributed by atoms with van der Waals surface area (Å²) in [6.45, 7) is 1.57. The number of aromatic nitrogens is 1. The van der Waals surface area contributed by atoms with Crippen LogP contribution in [0.2, 0.25) is 0 Å². The lowest BCUT2D eigenvalue weighted by molar-refractivity contribution is 0.0691. The summed E-state index contributed by atoms with van der Waals surface area (Å²) >= 11 is 0. The van der Waals surface area contributed by atoms with E-state index in [1.165, 1.54) is 0 Å². The van der Waals surface area contributed by atoms with E-state index in [9.17, 15) is 4.79 Å². The van der Waals surface area contributed by atoms with E-state index in [-0.39, 0.29) is 5.69 Å². The van der Waals surface area contributed by atoms with Gasteiger partial charge < -0.3 is 15.3 Å². The van der Waals surface area contributed by atoms with Crippen LogP contribution >= 0.6 is 0 Å². The molecular weight excluding hydrogens is 242 g/mol. The second-order valence-corrected chi connectivity index (χ2v) is 4.61. The van der Waals surface area contributed by atoms with Gasteiger partial charge in [0.1, 0.15) is 5.82 Å². The van der Waals surface area contributed by atoms with Crippen LogP contribution in [0.15, 0.2) is 30.3 Å². The van der Waals surface area contributed by atoms with Crippen LogP contribution in [-0.2, 0) is 0 Å². The number of carbonyl (C=O) groups is 1. The smallest absolute Gasteiger partial charge is 0.354 e. The van der Waals surface area contributed by atoms with Gasteiger partial charge in [0.05, 0.1) is 0 Å². The molecule has 0 amide bonds. The van der Waals surface area contributed by atoms with Gasteiger partial charge in [-0.1, -0.05) is 24.3 Å². The number of benzene rings is 1. The van der Waals surface area contributed by atoms with Crippen LogP contribution in [0.1, 0.15) is 10.5 Å². The van der Waals surface area contributed by atoms with Gasteiger partial charge in [-0.25, -0.2) is 9.78 Å². The van der Waals surface area contributed by atoms with Crippen molar-refractivity contribution in [1.82, 2.24) is 9.88 Å². The standard InChI is InChI=1S/C14H17N3O2/c1-17(2)8-7-15-13-11-6-4-3-5-10(11)9-12(16-13)14(18)19/h3-6,9H,7-8H2,1-2H3,(H,15,16)(H,18,19). The topological polar surface area (TPSA) is 65.5 Å². The molecule has 100 valence electrons. The number of nitrogens with zero attached hydrogens (tertiary/aromatic N) is 2. The molecule has 19 heavy (non-hydrogen) atoms. The maximum Gasteiger partial charge on any atom is 0.354 e. The molecule has 0 aliphatic rings. The Kier molecular flexibility index (Phi) is 3.97. The molecule has 5 heteroatoms. The van der Waals surface area contributed by atoms with Gasteiger partial charge in [0.25, 0.3) is 0 Å². The molecule has 0 fully saturated rings. The van der Waals surface area contributed by atoms with Crippen LogP contribution in [-0.4, -0.2) is 48.1 Å². The number of hydrogen-bond acceptors (Lipinski definition) is 4. The Hall–Kier alpha value is -2.14. The Morgan fingerprint density at radius 2 is 2.11 bits per heavy atom. The van der Waals surface area contributed by atoms with E-state index in [1.807, 2.05) is 38.4 Å². The fraction of sp³-hybridized carbons (Fsp3) is 0.286. The maximum atomic E-state index is 11.1. The SMILES string of the molecule is CN(C)CCNc1nc(C(=O)O)cc2ccccc12. The molecule has 0 atom stereocenters. The minimum Gasteiger partial charge on any atom is -0.477 e. The molecule has 0 unspecified atom stereocenters. The van der Waals surface area contributed by atoms with Gasteiger partial charge in [0.15, 0.2) is 5.69 Å². The van der Waals surface area contributed by atoms with E-state index < -0.39 is 5.97 Å². The third-order valence-electron chi connectivity index (χ3n) is 2.81. The normalized spacial score (nSPS) is 10.9. The lowest BCUT2D eigenvalue weighted by Crippen LogP contribution is -2.21. The highest BCUT2D eigenvalue weighted by Gasteiger charge is 2.10. The van der Waals surface area contributed by atoms with Crippen LogP contribution in [0.3, 0.4) is 0 Å². The average molecular weight is 259 g/mol. The number of rotatable bonds is 5. The minimum atomic E-state index is -1.01. The summed E-state index contributed by atoms with van der Waals surface area (Å²) in [5.74, 6) is -0.390. The zero-order valence-corrected chi connectivity index (χ0v) is 11.1. The van der Waals surface area contributed by atoms with Crippen molar-refractivity contribution in [2.24, 2.45) is 0 Å². The summed E-state index contributed by atoms with van der Waals surface area (Å²) in [5, 5.41) is 14.1. The van der Waals surface area contributed by atoms with Crippen molar-refractivity contribution in [2.45, 2.75) is 0 Å². The largest absolute Gasteiger partial charge is 0.477 e. The summed E-state index contributed by atoms with van der Waals surface area (Å²) in [5.41, 5.74) is 0.0612. The van der Waals surface area contributed by atoms with Crippen LogP contribution in [0, 0.1) is 0 Å². The van der Waals surface area contributed by atoms with Crippen molar-refractivity contribution in [3.63, 3.8) is 0 Å². The fourth-order valence-corrected chi connectivity index (χ4v) is 1.84. The van der Waals surface area contributed by atoms with Gasteiger partial charge in [-0.2, -0.15) is 0 Å². The lowest BCUT2D eigenvalue weighted by atomic mass is 10.1. The molecule has 1 heterocycles. The van der Waals surface area contributed by atoms with Crippen molar-refractivity contribution in [2.75, 3.05) is 32.5 Å². The molecule has 5 nitrogen and oxygen atoms in total. The molecular formula is C14H17N3O2. The third kappa shape index (κ3) is 3.20. The Labute approximate surface area is 111 Å². The molecule has 0 spiro atoms. The Balaban J connectivity index is 2.36. The molecule has 0 radical (unpaired) electrons. The quantitative estimate of drug-likeness (QED) is 0.858. The molecule has 2 N–H and O–H groups in total. The Morgan fingerprint density at radius 3 is 2.79 bits per heavy atom. The highest BCUT2D eigenvalue weighted by Crippen LogP contribution is 2.22. The summed E-state index contributed by atoms with van der Waals surface area (Å²) in [6, 6.07) is 9.22. The van der Waals surface area contributed by atoms with Crippen LogP contribution in [0.25, 0.3) is 10.8 Å². The molecule has 0 saturated heterocycles. The van der Waals surface area contributed by atoms with Gasteiger partial charge in [-0.15, -0.1) is 0 Å². The zero-order valence-electron chi connectivity index (χ0n) is 11.1. The predicted octanol–water partition coefficient (Wildman–Crippen LogP) is 1.91. The van der Waals surface area contributed by atoms with Gasteiger partial charge in [0, 0.05) is 18.5 Å². The third-order valence-corrected chi connectivity index (χ3v) is 2.81. The number of carboxylic acid groups (broad SMARTS) is 1. The number of nitrogens with one attached hydrogen (secondary N) is 1. The highest BCUT2D eigenvalue weighted by atomic mass is 16.4. The van der Waals surface area contributed by atoms with Crippen LogP contribution < -0.4 is 5.32 Å². The summed E-state index contributed by atoms with van der Waals surface area (Å²) in [6.07, 6.45) is 0. The Bertz CT molecular complexity index is 596. The second kappa shape index (κ2) is 5.67. The lowest BCUT2D eigenvalue weighted by Gasteiger charge is -2.13. The van der Waals surface area contributed by atoms with E-state index >= 15 is 0 Å². The monoisotopic (exact) mass is 259 g/mol. The van der Waals surface area contributed by atoms with Crippen LogP contribution in [0.5, 0.6) is 0 Å². The van der Waals surface area contributed by atoms with E-state index in [4.69, 9.17) is 5.11 Å². The number of pyridine rings is 1. The molecule has 2 aromatic rings. The first-order chi connectivity index (χ1) is 9.08. The van der Waals surface area contributed by atoms with E-state index in [1.54, 1.807) is 6.07 Å². The summed E-state index contributed by atoms with van der Waals surface area (Å²) in [7, 11) is 3.97. The Morgan fingerprint density at radius 1 is 1.37 bits per heavy atom. The van der Waals surface area contributed by atoms with Crippen molar-refractivity contribution in [3.8, 4) is 0 Å². The van der Waals surface area contributed by atoms with Gasteiger partial charge in [0.2, 0.25) is 0 Å². The molecule has 1 aromatic heterocycles. The highest BCUT2D eigenvalue weighted by molar-refractivity contribution is 5.97. The van der Waals surface area contributed by atoms with Gasteiger partial charge in [-0.05, 0) is 25.5 Å². The summed E-state index contributed by atoms with van der Waals surface area (Å²) in [4.78, 5) is 17.3. The molecule has 0 bridgehead atoms. The van der Waals surface area contributed by atoms with Crippen molar-refractivity contribution in [3.05, 3.63) is 36.0 Å². The zero-order chi connectivity index (χ0) is 13.8. The van der Waals surface area contributed by atoms with Crippen molar-refractivity contribution < 1.29 is 9.90 Å². The molecule has 0 aliphatic heterocycles. The van der Waals surface area contributed by atoms with Crippen LogP contribution in [0.4, 0.5) is 5.82 Å². The number of aromatic carboxylic acids is 1. The van der Waals surface area contributed by atoms with E-state index in [0.29, 0.717) is 12.4 Å². The van der Waals surface area contributed by atoms with E-state index in [0.717, 1.165) is 17.3 Å². The van der Waals surface area contributed by atoms with Gasteiger partial charge >= 0.3 is 5.97 Å². The number of likely N-dealkylation sites (N-methyl/N-ethyl adjacent to an activating group) is 1. The number of carboxylic acids is 1. The first-order valence-electron chi connectivity index (χ1n) is 6.09. The molecule has 0 saturated carbocycles. The maximum absolute atomic E-state index is 11.1. The second-order valence-electron chi connectivity index (χ2n) is 4.61. The first-order valence-corrected chi connectivity index (χ1v) is 6.09. The average Bonchev–Trinajstić information content (AvgIpc) is 2.38. The predicted molar refractivity (Wildman–Crippen MR) is 75.7 cm³/mol. The number of anilines is 1. The molecule has 0 aliphatic carbocycles. The van der Waals surface area contributed by atoms with Crippen molar-refractivity contribution >= 4 is 22.6 Å². The number of hydrogen-bond donors (Lipinski definition) is 2. The minimum absolute atomic E-state index is 0.0612. The first kappa shape index (κ1) is 13.3. The van der Waals surface area contributed by atoms with Gasteiger partial charge in [-0.3, -0.25) is 0 Å². The van der Waals surface area contributed by atoms with E-state index in [2.05, 4.69) is 15.2 Å². The molecule has 1 aromatic carbocycles. The fourth-order valence-electron chi connectivity index (χ4n) is 1.84. The number of fused-ring (bicyclic) bond motifs is 1.